The first-order chi connectivity index (χ1) is 11.0. The summed E-state index contributed by atoms with van der Waals surface area (Å²) in [7, 11) is 3.20. The molecule has 2 rings (SSSR count). The number of carbonyl (C=O) groups is 1. The van der Waals surface area contributed by atoms with Crippen molar-refractivity contribution in [3.05, 3.63) is 17.7 Å². The molecule has 0 spiro atoms. The molecule has 2 atom stereocenters. The molecule has 0 radical (unpaired) electrons. The lowest BCUT2D eigenvalue weighted by Crippen LogP contribution is -2.34. The number of aryl methyl sites for hydroxylation is 1. The van der Waals surface area contributed by atoms with Crippen LogP contribution in [0.5, 0.6) is 11.5 Å². The second-order valence-electron chi connectivity index (χ2n) is 6.36. The standard InChI is InChI=1S/C18H28N2O3/c1-12(14-6-5-7-19-11-14)9-18(21)20-15-10-17(23-4)16(22-3)8-13(15)2/h8,10,12,14,19H,5-7,9,11H2,1-4H3,(H,20,21). The SMILES string of the molecule is COc1cc(C)c(NC(=O)CC(C)C2CCCNC2)cc1OC. The molecule has 2 unspecified atom stereocenters. The fraction of sp³-hybridized carbons (Fsp3) is 0.611. The van der Waals surface area contributed by atoms with Gasteiger partial charge in [-0.3, -0.25) is 4.79 Å². The fourth-order valence-corrected chi connectivity index (χ4v) is 3.14. The zero-order valence-electron chi connectivity index (χ0n) is 14.6. The molecule has 1 aliphatic rings. The van der Waals surface area contributed by atoms with E-state index in [0.717, 1.165) is 24.3 Å². The first kappa shape index (κ1) is 17.6. The molecule has 1 fully saturated rings. The number of rotatable bonds is 6. The van der Waals surface area contributed by atoms with Crippen molar-refractivity contribution in [1.82, 2.24) is 5.32 Å². The van der Waals surface area contributed by atoms with E-state index in [2.05, 4.69) is 17.6 Å². The minimum absolute atomic E-state index is 0.0541. The molecule has 2 N–H and O–H groups in total. The van der Waals surface area contributed by atoms with E-state index in [4.69, 9.17) is 9.47 Å². The number of benzene rings is 1. The molecule has 1 saturated heterocycles. The smallest absolute Gasteiger partial charge is 0.224 e. The number of ether oxygens (including phenoxy) is 2. The van der Waals surface area contributed by atoms with Crippen molar-refractivity contribution in [3.63, 3.8) is 0 Å². The van der Waals surface area contributed by atoms with E-state index >= 15 is 0 Å². The Kier molecular flexibility index (Phi) is 6.28. The van der Waals surface area contributed by atoms with Crippen LogP contribution in [-0.4, -0.2) is 33.2 Å². The predicted molar refractivity (Wildman–Crippen MR) is 92.3 cm³/mol. The summed E-state index contributed by atoms with van der Waals surface area (Å²) in [6.07, 6.45) is 2.95. The van der Waals surface area contributed by atoms with Crippen LogP contribution in [0.15, 0.2) is 12.1 Å². The summed E-state index contributed by atoms with van der Waals surface area (Å²) in [5, 5.41) is 6.42. The summed E-state index contributed by atoms with van der Waals surface area (Å²) in [4.78, 5) is 12.4. The molecule has 1 amide bonds. The van der Waals surface area contributed by atoms with Crippen LogP contribution in [0.25, 0.3) is 0 Å². The molecule has 128 valence electrons. The summed E-state index contributed by atoms with van der Waals surface area (Å²) < 4.78 is 10.6. The topological polar surface area (TPSA) is 59.6 Å². The molecule has 0 aromatic heterocycles. The van der Waals surface area contributed by atoms with Crippen molar-refractivity contribution in [1.29, 1.82) is 0 Å². The highest BCUT2D eigenvalue weighted by Gasteiger charge is 2.22. The van der Waals surface area contributed by atoms with Gasteiger partial charge in [0.1, 0.15) is 0 Å². The fourth-order valence-electron chi connectivity index (χ4n) is 3.14. The Morgan fingerprint density at radius 1 is 1.35 bits per heavy atom. The number of amides is 1. The first-order valence-corrected chi connectivity index (χ1v) is 8.28. The average molecular weight is 320 g/mol. The van der Waals surface area contributed by atoms with Gasteiger partial charge in [0.15, 0.2) is 11.5 Å². The van der Waals surface area contributed by atoms with Crippen LogP contribution >= 0.6 is 0 Å². The van der Waals surface area contributed by atoms with Gasteiger partial charge in [0.25, 0.3) is 0 Å². The van der Waals surface area contributed by atoms with Crippen molar-refractivity contribution in [2.75, 3.05) is 32.6 Å². The van der Waals surface area contributed by atoms with Crippen molar-refractivity contribution in [2.45, 2.75) is 33.1 Å². The van der Waals surface area contributed by atoms with Crippen LogP contribution in [0.1, 0.15) is 31.7 Å². The Balaban J connectivity index is 1.99. The largest absolute Gasteiger partial charge is 0.493 e. The second kappa shape index (κ2) is 8.20. The Hall–Kier alpha value is -1.75. The average Bonchev–Trinajstić information content (AvgIpc) is 2.56. The zero-order chi connectivity index (χ0) is 16.8. The summed E-state index contributed by atoms with van der Waals surface area (Å²) in [6.45, 7) is 6.23. The van der Waals surface area contributed by atoms with E-state index in [1.165, 1.54) is 12.8 Å². The maximum absolute atomic E-state index is 12.4. The highest BCUT2D eigenvalue weighted by Crippen LogP contribution is 2.33. The molecule has 0 bridgehead atoms. The predicted octanol–water partition coefficient (Wildman–Crippen LogP) is 2.98. The molecule has 1 aliphatic heterocycles. The van der Waals surface area contributed by atoms with Gasteiger partial charge >= 0.3 is 0 Å². The summed E-state index contributed by atoms with van der Waals surface area (Å²) in [5.41, 5.74) is 1.74. The van der Waals surface area contributed by atoms with E-state index in [-0.39, 0.29) is 5.91 Å². The maximum atomic E-state index is 12.4. The second-order valence-corrected chi connectivity index (χ2v) is 6.36. The van der Waals surface area contributed by atoms with Crippen LogP contribution in [0.3, 0.4) is 0 Å². The van der Waals surface area contributed by atoms with Gasteiger partial charge in [0.2, 0.25) is 5.91 Å². The third-order valence-electron chi connectivity index (χ3n) is 4.65. The van der Waals surface area contributed by atoms with Crippen LogP contribution in [0.2, 0.25) is 0 Å². The number of methoxy groups -OCH3 is 2. The monoisotopic (exact) mass is 320 g/mol. The lowest BCUT2D eigenvalue weighted by molar-refractivity contribution is -0.117. The Morgan fingerprint density at radius 2 is 2.04 bits per heavy atom. The Bertz CT molecular complexity index is 539. The lowest BCUT2D eigenvalue weighted by Gasteiger charge is -2.28. The molecule has 0 aliphatic carbocycles. The molecule has 1 heterocycles. The van der Waals surface area contributed by atoms with Crippen molar-refractivity contribution < 1.29 is 14.3 Å². The molecule has 23 heavy (non-hydrogen) atoms. The highest BCUT2D eigenvalue weighted by atomic mass is 16.5. The highest BCUT2D eigenvalue weighted by molar-refractivity contribution is 5.92. The Labute approximate surface area is 138 Å². The zero-order valence-corrected chi connectivity index (χ0v) is 14.6. The van der Waals surface area contributed by atoms with Gasteiger partial charge in [-0.15, -0.1) is 0 Å². The number of carbonyl (C=O) groups excluding carboxylic acids is 1. The molecule has 1 aromatic carbocycles. The van der Waals surface area contributed by atoms with Gasteiger partial charge in [-0.05, 0) is 56.3 Å². The molecule has 1 aromatic rings. The van der Waals surface area contributed by atoms with Gasteiger partial charge in [-0.1, -0.05) is 6.92 Å². The molecule has 0 saturated carbocycles. The van der Waals surface area contributed by atoms with Crippen molar-refractivity contribution in [3.8, 4) is 11.5 Å². The van der Waals surface area contributed by atoms with Gasteiger partial charge < -0.3 is 20.1 Å². The third-order valence-corrected chi connectivity index (χ3v) is 4.65. The van der Waals surface area contributed by atoms with Gasteiger partial charge in [0, 0.05) is 18.2 Å². The number of anilines is 1. The molecular weight excluding hydrogens is 292 g/mol. The van der Waals surface area contributed by atoms with E-state index in [1.54, 1.807) is 14.2 Å². The van der Waals surface area contributed by atoms with Gasteiger partial charge in [-0.25, -0.2) is 0 Å². The molecular formula is C18H28N2O3. The van der Waals surface area contributed by atoms with Crippen LogP contribution < -0.4 is 20.1 Å². The minimum atomic E-state index is 0.0541. The number of hydrogen-bond acceptors (Lipinski definition) is 4. The molecule has 5 nitrogen and oxygen atoms in total. The van der Waals surface area contributed by atoms with E-state index in [1.807, 2.05) is 19.1 Å². The summed E-state index contributed by atoms with van der Waals surface area (Å²) >= 11 is 0. The number of piperidine rings is 1. The maximum Gasteiger partial charge on any atom is 0.224 e. The van der Waals surface area contributed by atoms with E-state index < -0.39 is 0 Å². The number of nitrogens with one attached hydrogen (secondary N) is 2. The molecule has 5 heteroatoms. The normalized spacial score (nSPS) is 19.0. The quantitative estimate of drug-likeness (QED) is 0.846. The van der Waals surface area contributed by atoms with E-state index in [9.17, 15) is 4.79 Å². The van der Waals surface area contributed by atoms with Crippen LogP contribution in [0, 0.1) is 18.8 Å². The van der Waals surface area contributed by atoms with Crippen molar-refractivity contribution in [2.24, 2.45) is 11.8 Å². The van der Waals surface area contributed by atoms with Crippen LogP contribution in [0.4, 0.5) is 5.69 Å². The number of hydrogen-bond donors (Lipinski definition) is 2. The lowest BCUT2D eigenvalue weighted by atomic mass is 9.85. The Morgan fingerprint density at radius 3 is 2.65 bits per heavy atom. The van der Waals surface area contributed by atoms with Crippen molar-refractivity contribution >= 4 is 11.6 Å². The third kappa shape index (κ3) is 4.61. The van der Waals surface area contributed by atoms with E-state index in [0.29, 0.717) is 29.8 Å². The van der Waals surface area contributed by atoms with Crippen LogP contribution in [-0.2, 0) is 4.79 Å². The summed E-state index contributed by atoms with van der Waals surface area (Å²) in [5.74, 6) is 2.31. The van der Waals surface area contributed by atoms with Gasteiger partial charge in [0.05, 0.1) is 14.2 Å². The van der Waals surface area contributed by atoms with Gasteiger partial charge in [-0.2, -0.15) is 0 Å². The first-order valence-electron chi connectivity index (χ1n) is 8.28. The minimum Gasteiger partial charge on any atom is -0.493 e. The summed E-state index contributed by atoms with van der Waals surface area (Å²) in [6, 6.07) is 3.70.